The number of carbonyl (C=O) groups is 1. The molecule has 2 fully saturated rings. The van der Waals surface area contributed by atoms with Gasteiger partial charge in [0.15, 0.2) is 0 Å². The minimum absolute atomic E-state index is 0.299. The Morgan fingerprint density at radius 3 is 2.90 bits per heavy atom. The number of likely N-dealkylation sites (tertiary alicyclic amines) is 1. The molecule has 0 amide bonds. The normalized spacial score (nSPS) is 27.9. The van der Waals surface area contributed by atoms with Gasteiger partial charge in [-0.1, -0.05) is 12.5 Å². The van der Waals surface area contributed by atoms with Crippen LogP contribution in [-0.4, -0.2) is 28.3 Å². The first-order valence-corrected chi connectivity index (χ1v) is 7.91. The van der Waals surface area contributed by atoms with Gasteiger partial charge in [0, 0.05) is 37.3 Å². The lowest BCUT2D eigenvalue weighted by Crippen LogP contribution is -2.44. The largest absolute Gasteiger partial charge is 0.299 e. The number of aryl methyl sites for hydroxylation is 1. The number of Topliss-reactive ketones (excluding diaryl/α,β-unsaturated/α-hetero) is 1. The highest BCUT2D eigenvalue weighted by Crippen LogP contribution is 2.33. The van der Waals surface area contributed by atoms with Crippen LogP contribution in [0, 0.1) is 12.8 Å². The van der Waals surface area contributed by atoms with E-state index >= 15 is 0 Å². The van der Waals surface area contributed by atoms with E-state index in [2.05, 4.69) is 22.9 Å². The molecule has 1 aliphatic heterocycles. The Kier molecular flexibility index (Phi) is 4.16. The van der Waals surface area contributed by atoms with Gasteiger partial charge in [0.2, 0.25) is 0 Å². The predicted octanol–water partition coefficient (Wildman–Crippen LogP) is 3.11. The summed E-state index contributed by atoms with van der Waals surface area (Å²) in [5.41, 5.74) is 2.50. The summed E-state index contributed by atoms with van der Waals surface area (Å²) < 4.78 is 0. The third kappa shape index (κ3) is 2.93. The molecule has 1 aromatic heterocycles. The summed E-state index contributed by atoms with van der Waals surface area (Å²) in [7, 11) is 0. The van der Waals surface area contributed by atoms with Crippen molar-refractivity contribution in [2.75, 3.05) is 6.54 Å². The van der Waals surface area contributed by atoms with Crippen molar-refractivity contribution in [3.05, 3.63) is 29.6 Å². The highest BCUT2D eigenvalue weighted by Gasteiger charge is 2.36. The highest BCUT2D eigenvalue weighted by atomic mass is 16.1. The molecular formula is C17H24N2O. The molecule has 20 heavy (non-hydrogen) atoms. The maximum atomic E-state index is 12.1. The molecule has 1 saturated carbocycles. The van der Waals surface area contributed by atoms with Crippen LogP contribution in [0.1, 0.15) is 49.7 Å². The number of hydrogen-bond acceptors (Lipinski definition) is 3. The van der Waals surface area contributed by atoms with Gasteiger partial charge in [-0.25, -0.2) is 0 Å². The molecule has 3 heteroatoms. The first kappa shape index (κ1) is 13.7. The first-order valence-electron chi connectivity index (χ1n) is 7.91. The van der Waals surface area contributed by atoms with Gasteiger partial charge < -0.3 is 0 Å². The van der Waals surface area contributed by atoms with Crippen LogP contribution >= 0.6 is 0 Å². The molecule has 3 nitrogen and oxygen atoms in total. The first-order chi connectivity index (χ1) is 9.74. The molecule has 0 aromatic carbocycles. The quantitative estimate of drug-likeness (QED) is 0.847. The van der Waals surface area contributed by atoms with Gasteiger partial charge in [-0.05, 0) is 50.3 Å². The van der Waals surface area contributed by atoms with Crippen molar-refractivity contribution in [3.63, 3.8) is 0 Å². The average molecular weight is 272 g/mol. The van der Waals surface area contributed by atoms with Crippen LogP contribution in [0.15, 0.2) is 18.5 Å². The van der Waals surface area contributed by atoms with E-state index in [1.807, 2.05) is 12.4 Å². The summed E-state index contributed by atoms with van der Waals surface area (Å²) in [5.74, 6) is 0.803. The van der Waals surface area contributed by atoms with Crippen LogP contribution in [-0.2, 0) is 11.3 Å². The fraction of sp³-hybridized carbons (Fsp3) is 0.647. The number of pyridine rings is 1. The van der Waals surface area contributed by atoms with Gasteiger partial charge in [-0.15, -0.1) is 0 Å². The van der Waals surface area contributed by atoms with Crippen molar-refractivity contribution in [1.82, 2.24) is 9.88 Å². The fourth-order valence-corrected chi connectivity index (χ4v) is 3.86. The molecule has 0 bridgehead atoms. The van der Waals surface area contributed by atoms with Crippen molar-refractivity contribution in [3.8, 4) is 0 Å². The van der Waals surface area contributed by atoms with Crippen LogP contribution in [0.4, 0.5) is 0 Å². The molecule has 2 unspecified atom stereocenters. The third-order valence-electron chi connectivity index (χ3n) is 4.80. The van der Waals surface area contributed by atoms with E-state index in [1.165, 1.54) is 30.4 Å². The minimum Gasteiger partial charge on any atom is -0.299 e. The SMILES string of the molecule is Cc1cncc(CN2CCCCC2C2CCCC2=O)c1. The lowest BCUT2D eigenvalue weighted by molar-refractivity contribution is -0.123. The van der Waals surface area contributed by atoms with Gasteiger partial charge in [-0.3, -0.25) is 14.7 Å². The van der Waals surface area contributed by atoms with Gasteiger partial charge >= 0.3 is 0 Å². The lowest BCUT2D eigenvalue weighted by atomic mass is 9.88. The van der Waals surface area contributed by atoms with E-state index < -0.39 is 0 Å². The van der Waals surface area contributed by atoms with Crippen LogP contribution < -0.4 is 0 Å². The van der Waals surface area contributed by atoms with E-state index in [0.717, 1.165) is 32.4 Å². The molecule has 1 aliphatic carbocycles. The smallest absolute Gasteiger partial charge is 0.137 e. The van der Waals surface area contributed by atoms with Crippen LogP contribution in [0.5, 0.6) is 0 Å². The Morgan fingerprint density at radius 2 is 2.15 bits per heavy atom. The van der Waals surface area contributed by atoms with Crippen molar-refractivity contribution >= 4 is 5.78 Å². The number of aromatic nitrogens is 1. The third-order valence-corrected chi connectivity index (χ3v) is 4.80. The van der Waals surface area contributed by atoms with Gasteiger partial charge in [0.05, 0.1) is 0 Å². The molecule has 1 saturated heterocycles. The molecule has 0 spiro atoms. The maximum Gasteiger partial charge on any atom is 0.137 e. The molecule has 2 heterocycles. The Labute approximate surface area is 121 Å². The van der Waals surface area contributed by atoms with Gasteiger partial charge in [-0.2, -0.15) is 0 Å². The second kappa shape index (κ2) is 6.04. The number of ketones is 1. The van der Waals surface area contributed by atoms with Crippen LogP contribution in [0.25, 0.3) is 0 Å². The monoisotopic (exact) mass is 272 g/mol. The van der Waals surface area contributed by atoms with E-state index in [-0.39, 0.29) is 0 Å². The second-order valence-electron chi connectivity index (χ2n) is 6.37. The number of carbonyl (C=O) groups excluding carboxylic acids is 1. The molecule has 1 aromatic rings. The fourth-order valence-electron chi connectivity index (χ4n) is 3.86. The number of nitrogens with zero attached hydrogens (tertiary/aromatic N) is 2. The lowest BCUT2D eigenvalue weighted by Gasteiger charge is -2.38. The molecule has 2 aliphatic rings. The Hall–Kier alpha value is -1.22. The summed E-state index contributed by atoms with van der Waals surface area (Å²) in [6.07, 6.45) is 10.6. The van der Waals surface area contributed by atoms with Gasteiger partial charge in [0.25, 0.3) is 0 Å². The summed E-state index contributed by atoms with van der Waals surface area (Å²) in [6.45, 7) is 4.16. The zero-order chi connectivity index (χ0) is 13.9. The Morgan fingerprint density at radius 1 is 1.25 bits per heavy atom. The van der Waals surface area contributed by atoms with Crippen molar-refractivity contribution in [2.24, 2.45) is 5.92 Å². The summed E-state index contributed by atoms with van der Waals surface area (Å²) in [6, 6.07) is 2.69. The van der Waals surface area contributed by atoms with E-state index in [1.54, 1.807) is 0 Å². The Balaban J connectivity index is 1.73. The van der Waals surface area contributed by atoms with E-state index in [4.69, 9.17) is 0 Å². The number of hydrogen-bond donors (Lipinski definition) is 0. The molecule has 3 rings (SSSR count). The maximum absolute atomic E-state index is 12.1. The molecule has 0 N–H and O–H groups in total. The molecular weight excluding hydrogens is 248 g/mol. The van der Waals surface area contributed by atoms with Gasteiger partial charge in [0.1, 0.15) is 5.78 Å². The highest BCUT2D eigenvalue weighted by molar-refractivity contribution is 5.83. The zero-order valence-electron chi connectivity index (χ0n) is 12.3. The van der Waals surface area contributed by atoms with Crippen LogP contribution in [0.2, 0.25) is 0 Å². The van der Waals surface area contributed by atoms with Crippen molar-refractivity contribution in [1.29, 1.82) is 0 Å². The predicted molar refractivity (Wildman–Crippen MR) is 79.4 cm³/mol. The molecule has 108 valence electrons. The van der Waals surface area contributed by atoms with E-state index in [9.17, 15) is 4.79 Å². The Bertz CT molecular complexity index is 486. The van der Waals surface area contributed by atoms with Crippen LogP contribution in [0.3, 0.4) is 0 Å². The standard InChI is InChI=1S/C17H24N2O/c1-13-9-14(11-18-10-13)12-19-8-3-2-6-16(19)15-5-4-7-17(15)20/h9-11,15-16H,2-8,12H2,1H3. The summed E-state index contributed by atoms with van der Waals surface area (Å²) in [5, 5.41) is 0. The average Bonchev–Trinajstić information content (AvgIpc) is 2.86. The molecule has 0 radical (unpaired) electrons. The van der Waals surface area contributed by atoms with E-state index in [0.29, 0.717) is 17.7 Å². The minimum atomic E-state index is 0.299. The summed E-state index contributed by atoms with van der Waals surface area (Å²) in [4.78, 5) is 18.9. The zero-order valence-corrected chi connectivity index (χ0v) is 12.3. The molecule has 2 atom stereocenters. The van der Waals surface area contributed by atoms with Crippen molar-refractivity contribution < 1.29 is 4.79 Å². The number of rotatable bonds is 3. The summed E-state index contributed by atoms with van der Waals surface area (Å²) >= 11 is 0. The number of piperidine rings is 1. The van der Waals surface area contributed by atoms with Crippen molar-refractivity contribution in [2.45, 2.75) is 58.0 Å². The second-order valence-corrected chi connectivity index (χ2v) is 6.37. The topological polar surface area (TPSA) is 33.2 Å².